The molecule has 1 rings (SSSR count). The fraction of sp³-hybridized carbons (Fsp3) is 0.636. The van der Waals surface area contributed by atoms with Crippen LogP contribution < -0.4 is 11.1 Å². The van der Waals surface area contributed by atoms with Crippen LogP contribution >= 0.6 is 11.3 Å². The number of aryl methyl sites for hydroxylation is 1. The molecule has 90 valence electrons. The van der Waals surface area contributed by atoms with Gasteiger partial charge in [-0.05, 0) is 20.3 Å². The average Bonchev–Trinajstić information content (AvgIpc) is 2.60. The third-order valence-electron chi connectivity index (χ3n) is 2.19. The highest BCUT2D eigenvalue weighted by Crippen LogP contribution is 2.20. The lowest BCUT2D eigenvalue weighted by atomic mass is 10.2. The van der Waals surface area contributed by atoms with Crippen LogP contribution in [0.1, 0.15) is 43.4 Å². The van der Waals surface area contributed by atoms with Gasteiger partial charge < -0.3 is 11.1 Å². The first kappa shape index (κ1) is 13.1. The van der Waals surface area contributed by atoms with Gasteiger partial charge in [0, 0.05) is 23.5 Å². The summed E-state index contributed by atoms with van der Waals surface area (Å²) in [4.78, 5) is 16.0. The molecule has 0 fully saturated rings. The minimum absolute atomic E-state index is 0.00490. The Kier molecular flexibility index (Phi) is 4.89. The number of nitrogens with one attached hydrogen (secondary N) is 1. The Labute approximate surface area is 100 Å². The molecule has 3 N–H and O–H groups in total. The lowest BCUT2D eigenvalue weighted by molar-refractivity contribution is -0.122. The summed E-state index contributed by atoms with van der Waals surface area (Å²) in [5.74, 6) is -0.00490. The first-order chi connectivity index (χ1) is 7.52. The zero-order valence-electron chi connectivity index (χ0n) is 9.99. The Morgan fingerprint density at radius 2 is 2.38 bits per heavy atom. The molecule has 0 saturated heterocycles. The molecule has 0 spiro atoms. The normalized spacial score (nSPS) is 14.5. The number of nitrogens with zero attached hydrogens (tertiary/aromatic N) is 1. The summed E-state index contributed by atoms with van der Waals surface area (Å²) < 4.78 is 0. The minimum atomic E-state index is -0.101. The molecule has 0 aliphatic carbocycles. The largest absolute Gasteiger partial charge is 0.347 e. The molecule has 2 unspecified atom stereocenters. The second-order valence-electron chi connectivity index (χ2n) is 4.04. The number of hydrogen-bond acceptors (Lipinski definition) is 4. The summed E-state index contributed by atoms with van der Waals surface area (Å²) in [5.41, 5.74) is 6.58. The van der Waals surface area contributed by atoms with E-state index in [1.54, 1.807) is 11.3 Å². The van der Waals surface area contributed by atoms with E-state index in [0.717, 1.165) is 17.1 Å². The van der Waals surface area contributed by atoms with Crippen molar-refractivity contribution in [1.29, 1.82) is 0 Å². The van der Waals surface area contributed by atoms with Crippen LogP contribution in [0.5, 0.6) is 0 Å². The Morgan fingerprint density at radius 1 is 1.69 bits per heavy atom. The van der Waals surface area contributed by atoms with Crippen LogP contribution in [0.3, 0.4) is 0 Å². The third kappa shape index (κ3) is 3.90. The molecule has 0 aliphatic rings. The maximum Gasteiger partial charge on any atom is 0.222 e. The summed E-state index contributed by atoms with van der Waals surface area (Å²) >= 11 is 1.59. The van der Waals surface area contributed by atoms with E-state index >= 15 is 0 Å². The van der Waals surface area contributed by atoms with Gasteiger partial charge in [0.25, 0.3) is 0 Å². The second kappa shape index (κ2) is 5.96. The quantitative estimate of drug-likeness (QED) is 0.825. The van der Waals surface area contributed by atoms with Crippen molar-refractivity contribution in [2.24, 2.45) is 5.73 Å². The second-order valence-corrected chi connectivity index (χ2v) is 4.93. The number of rotatable bonds is 5. The fourth-order valence-corrected chi connectivity index (χ4v) is 2.35. The van der Waals surface area contributed by atoms with Gasteiger partial charge in [-0.25, -0.2) is 4.98 Å². The average molecular weight is 241 g/mol. The first-order valence-electron chi connectivity index (χ1n) is 5.50. The molecule has 0 saturated carbocycles. The van der Waals surface area contributed by atoms with E-state index in [4.69, 9.17) is 5.73 Å². The lowest BCUT2D eigenvalue weighted by Gasteiger charge is -2.15. The maximum atomic E-state index is 11.6. The molecular weight excluding hydrogens is 222 g/mol. The predicted octanol–water partition coefficient (Wildman–Crippen LogP) is 1.76. The van der Waals surface area contributed by atoms with E-state index in [1.807, 2.05) is 26.2 Å². The van der Waals surface area contributed by atoms with Gasteiger partial charge >= 0.3 is 0 Å². The highest BCUT2D eigenvalue weighted by atomic mass is 32.1. The molecule has 0 bridgehead atoms. The van der Waals surface area contributed by atoms with Crippen LogP contribution in [-0.2, 0) is 4.79 Å². The smallest absolute Gasteiger partial charge is 0.222 e. The Morgan fingerprint density at radius 3 is 2.81 bits per heavy atom. The van der Waals surface area contributed by atoms with Crippen molar-refractivity contribution >= 4 is 17.2 Å². The fourth-order valence-electron chi connectivity index (χ4n) is 1.42. The Hall–Kier alpha value is -0.940. The number of nitrogens with two attached hydrogens (primary N) is 1. The highest BCUT2D eigenvalue weighted by Gasteiger charge is 2.16. The molecule has 4 nitrogen and oxygen atoms in total. The number of amides is 1. The van der Waals surface area contributed by atoms with Gasteiger partial charge in [-0.15, -0.1) is 11.3 Å². The van der Waals surface area contributed by atoms with Crippen molar-refractivity contribution in [3.63, 3.8) is 0 Å². The molecular formula is C11H19N3OS. The number of aromatic nitrogens is 1. The van der Waals surface area contributed by atoms with Gasteiger partial charge in [0.1, 0.15) is 5.01 Å². The van der Waals surface area contributed by atoms with Crippen molar-refractivity contribution in [2.45, 2.75) is 45.7 Å². The summed E-state index contributed by atoms with van der Waals surface area (Å²) in [6.45, 7) is 5.82. The standard InChI is InChI=1S/C11H19N3OS/c1-4-9(11-13-8(3)6-16-11)14-10(15)5-7(2)12/h6-7,9H,4-5,12H2,1-3H3,(H,14,15). The molecule has 1 heterocycles. The van der Waals surface area contributed by atoms with Crippen LogP contribution in [0.2, 0.25) is 0 Å². The third-order valence-corrected chi connectivity index (χ3v) is 3.26. The van der Waals surface area contributed by atoms with Crippen LogP contribution in [-0.4, -0.2) is 16.9 Å². The molecule has 0 aliphatic heterocycles. The summed E-state index contributed by atoms with van der Waals surface area (Å²) in [7, 11) is 0. The molecule has 0 radical (unpaired) electrons. The number of hydrogen-bond donors (Lipinski definition) is 2. The van der Waals surface area contributed by atoms with Crippen LogP contribution in [0.25, 0.3) is 0 Å². The summed E-state index contributed by atoms with van der Waals surface area (Å²) in [6, 6.07) is -0.0829. The molecule has 0 aromatic carbocycles. The Bertz CT molecular complexity index is 349. The number of carbonyl (C=O) groups is 1. The molecule has 1 aromatic heterocycles. The number of carbonyl (C=O) groups excluding carboxylic acids is 1. The van der Waals surface area contributed by atoms with E-state index in [2.05, 4.69) is 10.3 Å². The van der Waals surface area contributed by atoms with Crippen molar-refractivity contribution in [3.8, 4) is 0 Å². The number of thiazole rings is 1. The van der Waals surface area contributed by atoms with Crippen molar-refractivity contribution in [2.75, 3.05) is 0 Å². The van der Waals surface area contributed by atoms with E-state index in [0.29, 0.717) is 6.42 Å². The monoisotopic (exact) mass is 241 g/mol. The topological polar surface area (TPSA) is 68.0 Å². The lowest BCUT2D eigenvalue weighted by Crippen LogP contribution is -2.32. The zero-order chi connectivity index (χ0) is 12.1. The van der Waals surface area contributed by atoms with Gasteiger partial charge in [0.15, 0.2) is 0 Å². The maximum absolute atomic E-state index is 11.6. The Balaban J connectivity index is 2.59. The van der Waals surface area contributed by atoms with E-state index in [9.17, 15) is 4.79 Å². The SMILES string of the molecule is CCC(NC(=O)CC(C)N)c1nc(C)cs1. The summed E-state index contributed by atoms with van der Waals surface area (Å²) in [5, 5.41) is 5.92. The van der Waals surface area contributed by atoms with Gasteiger partial charge in [-0.1, -0.05) is 6.92 Å². The molecule has 16 heavy (non-hydrogen) atoms. The summed E-state index contributed by atoms with van der Waals surface area (Å²) in [6.07, 6.45) is 1.21. The van der Waals surface area contributed by atoms with Crippen LogP contribution in [0.15, 0.2) is 5.38 Å². The van der Waals surface area contributed by atoms with Crippen LogP contribution in [0, 0.1) is 6.92 Å². The molecule has 1 amide bonds. The van der Waals surface area contributed by atoms with Crippen molar-refractivity contribution in [3.05, 3.63) is 16.1 Å². The van der Waals surface area contributed by atoms with Crippen LogP contribution in [0.4, 0.5) is 0 Å². The molecule has 5 heteroatoms. The van der Waals surface area contributed by atoms with E-state index in [1.165, 1.54) is 0 Å². The van der Waals surface area contributed by atoms with Crippen molar-refractivity contribution < 1.29 is 4.79 Å². The molecule has 1 aromatic rings. The predicted molar refractivity (Wildman–Crippen MR) is 66.3 cm³/mol. The van der Waals surface area contributed by atoms with E-state index in [-0.39, 0.29) is 18.0 Å². The van der Waals surface area contributed by atoms with Gasteiger partial charge in [-0.2, -0.15) is 0 Å². The van der Waals surface area contributed by atoms with Gasteiger partial charge in [-0.3, -0.25) is 4.79 Å². The van der Waals surface area contributed by atoms with Gasteiger partial charge in [0.2, 0.25) is 5.91 Å². The minimum Gasteiger partial charge on any atom is -0.347 e. The highest BCUT2D eigenvalue weighted by molar-refractivity contribution is 7.09. The first-order valence-corrected chi connectivity index (χ1v) is 6.37. The van der Waals surface area contributed by atoms with Crippen molar-refractivity contribution in [1.82, 2.24) is 10.3 Å². The molecule has 2 atom stereocenters. The van der Waals surface area contributed by atoms with Gasteiger partial charge in [0.05, 0.1) is 6.04 Å². The zero-order valence-corrected chi connectivity index (χ0v) is 10.8. The van der Waals surface area contributed by atoms with E-state index < -0.39 is 0 Å².